The second-order valence-corrected chi connectivity index (χ2v) is 8.05. The van der Waals surface area contributed by atoms with E-state index in [0.29, 0.717) is 18.7 Å². The van der Waals surface area contributed by atoms with Gasteiger partial charge in [0, 0.05) is 25.3 Å². The number of nitrogens with one attached hydrogen (secondary N) is 1. The molecule has 1 unspecified atom stereocenters. The van der Waals surface area contributed by atoms with Gasteiger partial charge in [-0.05, 0) is 61.9 Å². The number of anilines is 1. The Morgan fingerprint density at radius 3 is 2.39 bits per heavy atom. The number of unbranched alkanes of at least 4 members (excludes halogenated alkanes) is 1. The lowest BCUT2D eigenvalue weighted by Gasteiger charge is -2.32. The number of rotatable bonds is 9. The summed E-state index contributed by atoms with van der Waals surface area (Å²) in [6, 6.07) is 15.5. The summed E-state index contributed by atoms with van der Waals surface area (Å²) < 4.78 is 5.31. The fourth-order valence-corrected chi connectivity index (χ4v) is 4.11. The Kier molecular flexibility index (Phi) is 8.51. The van der Waals surface area contributed by atoms with Gasteiger partial charge >= 0.3 is 5.97 Å². The molecule has 1 aliphatic heterocycles. The minimum Gasteiger partial charge on any atom is -0.462 e. The first-order valence-electron chi connectivity index (χ1n) is 11.5. The zero-order valence-corrected chi connectivity index (χ0v) is 18.7. The monoisotopic (exact) mass is 422 g/mol. The molecule has 0 radical (unpaired) electrons. The van der Waals surface area contributed by atoms with Gasteiger partial charge in [-0.2, -0.15) is 0 Å². The van der Waals surface area contributed by atoms with Crippen molar-refractivity contribution in [2.45, 2.75) is 51.9 Å². The van der Waals surface area contributed by atoms with Crippen molar-refractivity contribution < 1.29 is 14.3 Å². The van der Waals surface area contributed by atoms with Gasteiger partial charge in [-0.3, -0.25) is 4.79 Å². The molecule has 1 atom stereocenters. The number of carbonyl (C=O) groups excluding carboxylic acids is 2. The molecule has 0 saturated carbocycles. The highest BCUT2D eigenvalue weighted by Crippen LogP contribution is 2.34. The van der Waals surface area contributed by atoms with E-state index in [9.17, 15) is 9.59 Å². The van der Waals surface area contributed by atoms with Crippen molar-refractivity contribution in [1.29, 1.82) is 0 Å². The zero-order valence-electron chi connectivity index (χ0n) is 18.7. The molecule has 1 saturated heterocycles. The van der Waals surface area contributed by atoms with E-state index in [-0.39, 0.29) is 11.9 Å². The Labute approximate surface area is 185 Å². The largest absolute Gasteiger partial charge is 0.462 e. The molecule has 1 heterocycles. The van der Waals surface area contributed by atoms with E-state index in [1.54, 1.807) is 12.1 Å². The van der Waals surface area contributed by atoms with Gasteiger partial charge in [0.2, 0.25) is 5.91 Å². The Hall–Kier alpha value is -2.82. The number of piperidine rings is 1. The van der Waals surface area contributed by atoms with E-state index in [0.717, 1.165) is 42.7 Å². The quantitative estimate of drug-likeness (QED) is 0.461. The van der Waals surface area contributed by atoms with Crippen molar-refractivity contribution in [3.63, 3.8) is 0 Å². The van der Waals surface area contributed by atoms with Crippen LogP contribution in [0.15, 0.2) is 48.5 Å². The average Bonchev–Trinajstić information content (AvgIpc) is 2.81. The van der Waals surface area contributed by atoms with Gasteiger partial charge in [0.25, 0.3) is 0 Å². The third kappa shape index (κ3) is 5.87. The summed E-state index contributed by atoms with van der Waals surface area (Å²) in [5.41, 5.74) is 3.52. The van der Waals surface area contributed by atoms with E-state index in [4.69, 9.17) is 4.74 Å². The van der Waals surface area contributed by atoms with Crippen LogP contribution in [-0.4, -0.2) is 38.1 Å². The van der Waals surface area contributed by atoms with E-state index in [2.05, 4.69) is 29.3 Å². The maximum absolute atomic E-state index is 13.2. The molecule has 2 aromatic rings. The Morgan fingerprint density at radius 2 is 1.71 bits per heavy atom. The van der Waals surface area contributed by atoms with Gasteiger partial charge in [-0.15, -0.1) is 0 Å². The van der Waals surface area contributed by atoms with Crippen molar-refractivity contribution >= 4 is 17.6 Å². The molecule has 1 N–H and O–H groups in total. The summed E-state index contributed by atoms with van der Waals surface area (Å²) in [5, 5.41) is 3.00. The van der Waals surface area contributed by atoms with Crippen LogP contribution >= 0.6 is 0 Å². The van der Waals surface area contributed by atoms with Crippen molar-refractivity contribution in [3.8, 4) is 0 Å². The van der Waals surface area contributed by atoms with Crippen LogP contribution in [0.4, 0.5) is 5.69 Å². The van der Waals surface area contributed by atoms with Crippen molar-refractivity contribution in [2.24, 2.45) is 0 Å². The third-order valence-electron chi connectivity index (χ3n) is 5.77. The molecule has 31 heavy (non-hydrogen) atoms. The van der Waals surface area contributed by atoms with Crippen LogP contribution in [0, 0.1) is 0 Å². The lowest BCUT2D eigenvalue weighted by molar-refractivity contribution is -0.121. The minimum absolute atomic E-state index is 0.0229. The average molecular weight is 423 g/mol. The highest BCUT2D eigenvalue weighted by atomic mass is 16.5. The van der Waals surface area contributed by atoms with Gasteiger partial charge in [-0.25, -0.2) is 4.79 Å². The number of benzene rings is 2. The van der Waals surface area contributed by atoms with Crippen LogP contribution in [0.5, 0.6) is 0 Å². The molecule has 0 spiro atoms. The predicted molar refractivity (Wildman–Crippen MR) is 125 cm³/mol. The van der Waals surface area contributed by atoms with Gasteiger partial charge in [-0.1, -0.05) is 43.7 Å². The number of ether oxygens (including phenoxy) is 1. The summed E-state index contributed by atoms with van der Waals surface area (Å²) in [7, 11) is 0. The van der Waals surface area contributed by atoms with Crippen LogP contribution < -0.4 is 10.2 Å². The van der Waals surface area contributed by atoms with Crippen LogP contribution in [0.1, 0.15) is 73.4 Å². The topological polar surface area (TPSA) is 58.6 Å². The van der Waals surface area contributed by atoms with Gasteiger partial charge in [0.1, 0.15) is 0 Å². The molecule has 1 amide bonds. The molecule has 1 aliphatic rings. The fourth-order valence-electron chi connectivity index (χ4n) is 4.11. The molecular weight excluding hydrogens is 388 g/mol. The number of nitrogens with zero attached hydrogens (tertiary/aromatic N) is 1. The number of esters is 1. The van der Waals surface area contributed by atoms with E-state index < -0.39 is 5.92 Å². The third-order valence-corrected chi connectivity index (χ3v) is 5.77. The Balaban J connectivity index is 1.90. The van der Waals surface area contributed by atoms with Crippen LogP contribution in [0.25, 0.3) is 0 Å². The fraction of sp³-hybridized carbons (Fsp3) is 0.462. The number of hydrogen-bond acceptors (Lipinski definition) is 4. The lowest BCUT2D eigenvalue weighted by Crippen LogP contribution is -2.34. The molecular formula is C26H34N2O3. The molecule has 5 heteroatoms. The van der Waals surface area contributed by atoms with Gasteiger partial charge in [0.15, 0.2) is 0 Å². The second-order valence-electron chi connectivity index (χ2n) is 8.05. The number of hydrogen-bond donors (Lipinski definition) is 1. The second kappa shape index (κ2) is 11.5. The van der Waals surface area contributed by atoms with Gasteiger partial charge in [0.05, 0.1) is 18.1 Å². The summed E-state index contributed by atoms with van der Waals surface area (Å²) in [5.74, 6) is -0.767. The van der Waals surface area contributed by atoms with Crippen molar-refractivity contribution in [1.82, 2.24) is 5.32 Å². The maximum atomic E-state index is 13.2. The molecule has 5 nitrogen and oxygen atoms in total. The molecule has 0 aromatic heterocycles. The van der Waals surface area contributed by atoms with Crippen molar-refractivity contribution in [2.75, 3.05) is 31.1 Å². The number of amides is 1. The standard InChI is InChI=1S/C26H34N2O3/c1-3-5-19-31-26(30)21-15-13-20(14-16-21)24(25(29)27-4-2)22-11-7-8-12-23(22)28-17-9-6-10-18-28/h7-8,11-16,24H,3-6,9-10,17-19H2,1-2H3,(H,27,29). The van der Waals surface area contributed by atoms with Crippen LogP contribution in [0.3, 0.4) is 0 Å². The number of carbonyl (C=O) groups is 2. The minimum atomic E-state index is -0.428. The number of para-hydroxylation sites is 1. The SMILES string of the molecule is CCCCOC(=O)c1ccc(C(C(=O)NCC)c2ccccc2N2CCCCC2)cc1. The highest BCUT2D eigenvalue weighted by molar-refractivity contribution is 5.91. The summed E-state index contributed by atoms with van der Waals surface area (Å²) in [6.07, 6.45) is 5.45. The summed E-state index contributed by atoms with van der Waals surface area (Å²) >= 11 is 0. The molecule has 0 aliphatic carbocycles. The van der Waals surface area contributed by atoms with E-state index >= 15 is 0 Å². The molecule has 3 rings (SSSR count). The zero-order chi connectivity index (χ0) is 22.1. The summed E-state index contributed by atoms with van der Waals surface area (Å²) in [6.45, 7) is 7.03. The Morgan fingerprint density at radius 1 is 1.00 bits per heavy atom. The van der Waals surface area contributed by atoms with Crippen LogP contribution in [-0.2, 0) is 9.53 Å². The smallest absolute Gasteiger partial charge is 0.338 e. The first kappa shape index (κ1) is 22.9. The number of likely N-dealkylation sites (N-methyl/N-ethyl adjacent to an activating group) is 1. The molecule has 0 bridgehead atoms. The lowest BCUT2D eigenvalue weighted by atomic mass is 9.88. The van der Waals surface area contributed by atoms with E-state index in [1.165, 1.54) is 19.3 Å². The molecule has 2 aromatic carbocycles. The van der Waals surface area contributed by atoms with Crippen LogP contribution in [0.2, 0.25) is 0 Å². The normalized spacial score (nSPS) is 14.7. The highest BCUT2D eigenvalue weighted by Gasteiger charge is 2.27. The maximum Gasteiger partial charge on any atom is 0.338 e. The van der Waals surface area contributed by atoms with Crippen molar-refractivity contribution in [3.05, 3.63) is 65.2 Å². The van der Waals surface area contributed by atoms with E-state index in [1.807, 2.05) is 31.2 Å². The first-order valence-corrected chi connectivity index (χ1v) is 11.5. The van der Waals surface area contributed by atoms with Gasteiger partial charge < -0.3 is 15.0 Å². The summed E-state index contributed by atoms with van der Waals surface area (Å²) in [4.78, 5) is 27.8. The first-order chi connectivity index (χ1) is 15.2. The predicted octanol–water partition coefficient (Wildman–Crippen LogP) is 4.90. The molecule has 1 fully saturated rings. The Bertz CT molecular complexity index is 857. The molecule has 166 valence electrons.